The lowest BCUT2D eigenvalue weighted by molar-refractivity contribution is 0.102. The number of nitrogen functional groups attached to an aromatic ring is 1. The van der Waals surface area contributed by atoms with E-state index < -0.39 is 0 Å². The summed E-state index contributed by atoms with van der Waals surface area (Å²) in [5.74, 6) is 0.540. The maximum atomic E-state index is 12.2. The number of hydrogen-bond donors (Lipinski definition) is 2. The van der Waals surface area contributed by atoms with Gasteiger partial charge in [0.05, 0.1) is 16.8 Å². The van der Waals surface area contributed by atoms with Crippen LogP contribution >= 0.6 is 11.6 Å². The second-order valence-electron chi connectivity index (χ2n) is 5.05. The predicted octanol–water partition coefficient (Wildman–Crippen LogP) is 4.35. The minimum absolute atomic E-state index is 0.150. The predicted molar refractivity (Wildman–Crippen MR) is 90.6 cm³/mol. The van der Waals surface area contributed by atoms with Crippen molar-refractivity contribution in [2.45, 2.75) is 26.4 Å². The van der Waals surface area contributed by atoms with Gasteiger partial charge in [-0.05, 0) is 55.8 Å². The van der Waals surface area contributed by atoms with Crippen molar-refractivity contribution in [3.63, 3.8) is 0 Å². The Balaban J connectivity index is 2.04. The fraction of sp³-hybridized carbons (Fsp3) is 0.235. The van der Waals surface area contributed by atoms with Crippen molar-refractivity contribution < 1.29 is 9.53 Å². The van der Waals surface area contributed by atoms with Crippen LogP contribution < -0.4 is 15.8 Å². The molecule has 0 bridgehead atoms. The Labute approximate surface area is 135 Å². The van der Waals surface area contributed by atoms with E-state index in [1.165, 1.54) is 0 Å². The Kier molecular flexibility index (Phi) is 5.28. The van der Waals surface area contributed by atoms with Crippen LogP contribution in [0.5, 0.6) is 5.75 Å². The molecule has 2 rings (SSSR count). The van der Waals surface area contributed by atoms with Gasteiger partial charge in [-0.25, -0.2) is 0 Å². The Morgan fingerprint density at radius 1 is 1.27 bits per heavy atom. The van der Waals surface area contributed by atoms with E-state index in [0.29, 0.717) is 22.0 Å². The van der Waals surface area contributed by atoms with Gasteiger partial charge in [0.15, 0.2) is 0 Å². The quantitative estimate of drug-likeness (QED) is 0.805. The van der Waals surface area contributed by atoms with Crippen LogP contribution in [-0.4, -0.2) is 12.0 Å². The highest BCUT2D eigenvalue weighted by molar-refractivity contribution is 6.33. The maximum absolute atomic E-state index is 12.2. The van der Waals surface area contributed by atoms with Crippen LogP contribution in [0.4, 0.5) is 11.4 Å². The molecular weight excluding hydrogens is 300 g/mol. The Morgan fingerprint density at radius 2 is 1.95 bits per heavy atom. The molecule has 0 saturated carbocycles. The van der Waals surface area contributed by atoms with Gasteiger partial charge in [-0.1, -0.05) is 18.5 Å². The van der Waals surface area contributed by atoms with Crippen LogP contribution in [0.15, 0.2) is 42.5 Å². The molecule has 0 unspecified atom stereocenters. The lowest BCUT2D eigenvalue weighted by atomic mass is 10.2. The van der Waals surface area contributed by atoms with Crippen molar-refractivity contribution >= 4 is 28.9 Å². The van der Waals surface area contributed by atoms with E-state index in [0.717, 1.165) is 12.2 Å². The first-order valence-corrected chi connectivity index (χ1v) is 7.50. The molecule has 0 aliphatic heterocycles. The summed E-state index contributed by atoms with van der Waals surface area (Å²) in [5, 5.41) is 3.24. The minimum Gasteiger partial charge on any atom is -0.491 e. The van der Waals surface area contributed by atoms with E-state index in [1.54, 1.807) is 42.5 Å². The molecule has 5 heteroatoms. The summed E-state index contributed by atoms with van der Waals surface area (Å²) in [7, 11) is 0. The molecule has 3 N–H and O–H groups in total. The smallest absolute Gasteiger partial charge is 0.255 e. The Bertz CT molecular complexity index is 656. The van der Waals surface area contributed by atoms with Crippen LogP contribution in [-0.2, 0) is 0 Å². The molecule has 0 spiro atoms. The van der Waals surface area contributed by atoms with E-state index in [1.807, 2.05) is 6.92 Å². The lowest BCUT2D eigenvalue weighted by Crippen LogP contribution is -2.13. The van der Waals surface area contributed by atoms with Crippen molar-refractivity contribution in [2.24, 2.45) is 0 Å². The zero-order valence-corrected chi connectivity index (χ0v) is 13.4. The van der Waals surface area contributed by atoms with Gasteiger partial charge in [-0.15, -0.1) is 0 Å². The number of carbonyl (C=O) groups excluding carboxylic acids is 1. The van der Waals surface area contributed by atoms with Crippen molar-refractivity contribution in [1.29, 1.82) is 0 Å². The highest BCUT2D eigenvalue weighted by atomic mass is 35.5. The maximum Gasteiger partial charge on any atom is 0.255 e. The molecule has 0 aromatic heterocycles. The molecule has 22 heavy (non-hydrogen) atoms. The second-order valence-corrected chi connectivity index (χ2v) is 5.46. The summed E-state index contributed by atoms with van der Waals surface area (Å²) in [5.41, 5.74) is 7.29. The molecule has 1 atom stereocenters. The first-order chi connectivity index (χ1) is 10.5. The topological polar surface area (TPSA) is 64.3 Å². The van der Waals surface area contributed by atoms with Crippen LogP contribution in [0.25, 0.3) is 0 Å². The van der Waals surface area contributed by atoms with E-state index in [-0.39, 0.29) is 12.0 Å². The molecule has 0 fully saturated rings. The first kappa shape index (κ1) is 16.2. The van der Waals surface area contributed by atoms with E-state index in [9.17, 15) is 4.79 Å². The number of halogens is 1. The minimum atomic E-state index is -0.211. The number of rotatable bonds is 5. The first-order valence-electron chi connectivity index (χ1n) is 7.12. The third-order valence-corrected chi connectivity index (χ3v) is 3.63. The molecule has 0 heterocycles. The zero-order valence-electron chi connectivity index (χ0n) is 12.6. The lowest BCUT2D eigenvalue weighted by Gasteiger charge is -2.13. The molecule has 2 aromatic rings. The molecule has 0 radical (unpaired) electrons. The molecule has 4 nitrogen and oxygen atoms in total. The van der Waals surface area contributed by atoms with E-state index >= 15 is 0 Å². The number of carbonyl (C=O) groups is 1. The summed E-state index contributed by atoms with van der Waals surface area (Å²) < 4.78 is 5.68. The fourth-order valence-electron chi connectivity index (χ4n) is 1.83. The standard InChI is InChI=1S/C17H19ClN2O2/c1-3-11(2)22-14-7-4-12(5-8-14)17(21)20-13-6-9-15(18)16(19)10-13/h4-11H,3,19H2,1-2H3,(H,20,21)/t11-/m0/s1. The van der Waals surface area contributed by atoms with Gasteiger partial charge < -0.3 is 15.8 Å². The molecule has 0 aliphatic rings. The molecule has 116 valence electrons. The van der Waals surface area contributed by atoms with Gasteiger partial charge in [-0.3, -0.25) is 4.79 Å². The fourth-order valence-corrected chi connectivity index (χ4v) is 1.94. The van der Waals surface area contributed by atoms with Crippen LogP contribution in [0.3, 0.4) is 0 Å². The van der Waals surface area contributed by atoms with Gasteiger partial charge in [0.1, 0.15) is 5.75 Å². The van der Waals surface area contributed by atoms with Crippen LogP contribution in [0, 0.1) is 0 Å². The van der Waals surface area contributed by atoms with E-state index in [4.69, 9.17) is 22.1 Å². The largest absolute Gasteiger partial charge is 0.491 e. The summed E-state index contributed by atoms with van der Waals surface area (Å²) >= 11 is 5.85. The van der Waals surface area contributed by atoms with Crippen molar-refractivity contribution in [3.05, 3.63) is 53.1 Å². The molecule has 0 saturated heterocycles. The number of benzene rings is 2. The molecule has 0 aliphatic carbocycles. The van der Waals surface area contributed by atoms with Gasteiger partial charge in [-0.2, -0.15) is 0 Å². The van der Waals surface area contributed by atoms with Crippen molar-refractivity contribution in [2.75, 3.05) is 11.1 Å². The highest BCUT2D eigenvalue weighted by Crippen LogP contribution is 2.23. The third-order valence-electron chi connectivity index (χ3n) is 3.28. The summed E-state index contributed by atoms with van der Waals surface area (Å²) in [6.45, 7) is 4.07. The Hall–Kier alpha value is -2.20. The normalized spacial score (nSPS) is 11.8. The van der Waals surface area contributed by atoms with Gasteiger partial charge >= 0.3 is 0 Å². The number of nitrogens with two attached hydrogens (primary N) is 1. The number of hydrogen-bond acceptors (Lipinski definition) is 3. The Morgan fingerprint density at radius 3 is 2.55 bits per heavy atom. The summed E-state index contributed by atoms with van der Waals surface area (Å²) in [6.07, 6.45) is 1.08. The van der Waals surface area contributed by atoms with Gasteiger partial charge in [0.2, 0.25) is 0 Å². The second kappa shape index (κ2) is 7.18. The van der Waals surface area contributed by atoms with E-state index in [2.05, 4.69) is 12.2 Å². The van der Waals surface area contributed by atoms with Crippen LogP contribution in [0.2, 0.25) is 5.02 Å². The van der Waals surface area contributed by atoms with Crippen LogP contribution in [0.1, 0.15) is 30.6 Å². The number of nitrogens with one attached hydrogen (secondary N) is 1. The molecular formula is C17H19ClN2O2. The molecule has 1 amide bonds. The highest BCUT2D eigenvalue weighted by Gasteiger charge is 2.08. The summed E-state index contributed by atoms with van der Waals surface area (Å²) in [4.78, 5) is 12.2. The third kappa shape index (κ3) is 4.15. The number of ether oxygens (including phenoxy) is 1. The SMILES string of the molecule is CC[C@H](C)Oc1ccc(C(=O)Nc2ccc(Cl)c(N)c2)cc1. The van der Waals surface area contributed by atoms with Crippen molar-refractivity contribution in [1.82, 2.24) is 0 Å². The van der Waals surface area contributed by atoms with Gasteiger partial charge in [0, 0.05) is 11.3 Å². The summed E-state index contributed by atoms with van der Waals surface area (Å²) in [6, 6.07) is 12.0. The van der Waals surface area contributed by atoms with Crippen molar-refractivity contribution in [3.8, 4) is 5.75 Å². The number of amides is 1. The van der Waals surface area contributed by atoms with Gasteiger partial charge in [0.25, 0.3) is 5.91 Å². The average molecular weight is 319 g/mol. The zero-order chi connectivity index (χ0) is 16.1. The average Bonchev–Trinajstić information content (AvgIpc) is 2.51. The monoisotopic (exact) mass is 318 g/mol. The molecule has 2 aromatic carbocycles. The number of anilines is 2.